The summed E-state index contributed by atoms with van der Waals surface area (Å²) in [5.74, 6) is -0.272. The summed E-state index contributed by atoms with van der Waals surface area (Å²) in [6, 6.07) is 16.0. The molecule has 0 aliphatic carbocycles. The van der Waals surface area contributed by atoms with Crippen LogP contribution in [0.25, 0.3) is 0 Å². The molecule has 21 heavy (non-hydrogen) atoms. The Bertz CT molecular complexity index is 652. The summed E-state index contributed by atoms with van der Waals surface area (Å²) in [7, 11) is 0. The van der Waals surface area contributed by atoms with Gasteiger partial charge in [-0.3, -0.25) is 4.79 Å². The Labute approximate surface area is 142 Å². The molecule has 6 heteroatoms. The summed E-state index contributed by atoms with van der Waals surface area (Å²) in [6.45, 7) is 0. The monoisotopic (exact) mass is 357 g/mol. The minimum absolute atomic E-state index is 0.000712. The van der Waals surface area contributed by atoms with Gasteiger partial charge in [0.25, 0.3) is 5.91 Å². The second-order valence-electron chi connectivity index (χ2n) is 3.97. The van der Waals surface area contributed by atoms with Crippen LogP contribution in [0.3, 0.4) is 0 Å². The minimum atomic E-state index is -0.272. The molecule has 0 radical (unpaired) electrons. The molecule has 2 aromatic rings. The topological polar surface area (TPSA) is 29.1 Å². The van der Waals surface area contributed by atoms with Crippen LogP contribution >= 0.6 is 46.6 Å². The second kappa shape index (κ2) is 7.76. The number of halogens is 3. The molecule has 0 aliphatic rings. The van der Waals surface area contributed by atoms with E-state index in [9.17, 15) is 4.79 Å². The SMILES string of the molecule is O=C(NC(Sc1ccc(Cl)cc1)=C(Cl)Cl)c1ccccc1. The molecular formula is C15H10Cl3NOS. The first-order valence-corrected chi connectivity index (χ1v) is 7.86. The van der Waals surface area contributed by atoms with Crippen LogP contribution in [0.1, 0.15) is 10.4 Å². The second-order valence-corrected chi connectivity index (χ2v) is 6.44. The molecule has 2 aromatic carbocycles. The van der Waals surface area contributed by atoms with Crippen molar-refractivity contribution in [3.05, 3.63) is 74.7 Å². The van der Waals surface area contributed by atoms with Gasteiger partial charge in [-0.2, -0.15) is 0 Å². The van der Waals surface area contributed by atoms with E-state index in [4.69, 9.17) is 34.8 Å². The van der Waals surface area contributed by atoms with Crippen LogP contribution in [0.2, 0.25) is 5.02 Å². The quantitative estimate of drug-likeness (QED) is 0.735. The van der Waals surface area contributed by atoms with Gasteiger partial charge in [0.1, 0.15) is 9.52 Å². The average Bonchev–Trinajstić information content (AvgIpc) is 2.49. The van der Waals surface area contributed by atoms with Gasteiger partial charge in [-0.25, -0.2) is 0 Å². The highest BCUT2D eigenvalue weighted by Gasteiger charge is 2.11. The van der Waals surface area contributed by atoms with Gasteiger partial charge in [-0.15, -0.1) is 0 Å². The van der Waals surface area contributed by atoms with Gasteiger partial charge in [0.15, 0.2) is 0 Å². The Morgan fingerprint density at radius 1 is 0.952 bits per heavy atom. The van der Waals surface area contributed by atoms with Gasteiger partial charge < -0.3 is 5.32 Å². The third-order valence-electron chi connectivity index (χ3n) is 2.47. The van der Waals surface area contributed by atoms with Crippen molar-refractivity contribution in [3.63, 3.8) is 0 Å². The Morgan fingerprint density at radius 3 is 2.14 bits per heavy atom. The lowest BCUT2D eigenvalue weighted by Crippen LogP contribution is -2.21. The molecule has 2 rings (SSSR count). The van der Waals surface area contributed by atoms with Crippen molar-refractivity contribution in [1.82, 2.24) is 5.32 Å². The van der Waals surface area contributed by atoms with E-state index in [-0.39, 0.29) is 10.4 Å². The van der Waals surface area contributed by atoms with Crippen molar-refractivity contribution in [2.45, 2.75) is 4.90 Å². The fraction of sp³-hybridized carbons (Fsp3) is 0. The fourth-order valence-corrected chi connectivity index (χ4v) is 2.68. The first kappa shape index (κ1) is 16.2. The first-order valence-electron chi connectivity index (χ1n) is 5.91. The number of nitrogens with one attached hydrogen (secondary N) is 1. The van der Waals surface area contributed by atoms with Crippen LogP contribution in [0, 0.1) is 0 Å². The van der Waals surface area contributed by atoms with Crippen molar-refractivity contribution in [1.29, 1.82) is 0 Å². The molecule has 0 aromatic heterocycles. The number of carbonyl (C=O) groups is 1. The molecule has 0 fully saturated rings. The van der Waals surface area contributed by atoms with E-state index in [0.717, 1.165) is 4.90 Å². The third kappa shape index (κ3) is 4.97. The van der Waals surface area contributed by atoms with E-state index < -0.39 is 0 Å². The maximum atomic E-state index is 12.1. The van der Waals surface area contributed by atoms with Crippen LogP contribution in [0.5, 0.6) is 0 Å². The molecule has 0 saturated carbocycles. The highest BCUT2D eigenvalue weighted by atomic mass is 35.5. The molecule has 0 bridgehead atoms. The molecule has 0 aliphatic heterocycles. The molecular weight excluding hydrogens is 349 g/mol. The molecule has 0 saturated heterocycles. The van der Waals surface area contributed by atoms with E-state index in [2.05, 4.69) is 5.32 Å². The largest absolute Gasteiger partial charge is 0.314 e. The van der Waals surface area contributed by atoms with Crippen LogP contribution in [0.4, 0.5) is 0 Å². The summed E-state index contributed by atoms with van der Waals surface area (Å²) in [6.07, 6.45) is 0. The van der Waals surface area contributed by atoms with Crippen molar-refractivity contribution >= 4 is 52.5 Å². The number of benzene rings is 2. The molecule has 108 valence electrons. The number of hydrogen-bond donors (Lipinski definition) is 1. The summed E-state index contributed by atoms with van der Waals surface area (Å²) in [5.41, 5.74) is 0.529. The zero-order valence-corrected chi connectivity index (χ0v) is 13.7. The molecule has 2 nitrogen and oxygen atoms in total. The van der Waals surface area contributed by atoms with Gasteiger partial charge in [0.05, 0.1) is 0 Å². The summed E-state index contributed by atoms with van der Waals surface area (Å²) < 4.78 is -0.000712. The number of rotatable bonds is 4. The normalized spacial score (nSPS) is 10.0. The molecule has 0 atom stereocenters. The lowest BCUT2D eigenvalue weighted by molar-refractivity contribution is 0.0969. The first-order chi connectivity index (χ1) is 10.1. The van der Waals surface area contributed by atoms with Crippen molar-refractivity contribution < 1.29 is 4.79 Å². The highest BCUT2D eigenvalue weighted by molar-refractivity contribution is 8.03. The van der Waals surface area contributed by atoms with Gasteiger partial charge in [-0.1, -0.05) is 64.8 Å². The van der Waals surface area contributed by atoms with Crippen LogP contribution < -0.4 is 5.32 Å². The Morgan fingerprint density at radius 2 is 1.57 bits per heavy atom. The predicted octanol–water partition coefficient (Wildman–Crippen LogP) is 5.47. The maximum absolute atomic E-state index is 12.1. The molecule has 0 spiro atoms. The average molecular weight is 359 g/mol. The summed E-state index contributed by atoms with van der Waals surface area (Å²) >= 11 is 18.8. The van der Waals surface area contributed by atoms with E-state index in [1.165, 1.54) is 11.8 Å². The Kier molecular flexibility index (Phi) is 6.00. The minimum Gasteiger partial charge on any atom is -0.314 e. The van der Waals surface area contributed by atoms with Gasteiger partial charge in [0.2, 0.25) is 0 Å². The van der Waals surface area contributed by atoms with Crippen LogP contribution in [0.15, 0.2) is 69.0 Å². The molecule has 1 amide bonds. The van der Waals surface area contributed by atoms with Crippen molar-refractivity contribution in [3.8, 4) is 0 Å². The Balaban J connectivity index is 2.12. The third-order valence-corrected chi connectivity index (χ3v) is 4.34. The van der Waals surface area contributed by atoms with E-state index >= 15 is 0 Å². The van der Waals surface area contributed by atoms with Gasteiger partial charge >= 0.3 is 0 Å². The Hall–Kier alpha value is -1.13. The zero-order chi connectivity index (χ0) is 15.2. The summed E-state index contributed by atoms with van der Waals surface area (Å²) in [4.78, 5) is 13.0. The maximum Gasteiger partial charge on any atom is 0.256 e. The van der Waals surface area contributed by atoms with Crippen molar-refractivity contribution in [2.75, 3.05) is 0 Å². The van der Waals surface area contributed by atoms with Gasteiger partial charge in [-0.05, 0) is 36.4 Å². The highest BCUT2D eigenvalue weighted by Crippen LogP contribution is 2.31. The number of carbonyl (C=O) groups excluding carboxylic acids is 1. The number of thioether (sulfide) groups is 1. The van der Waals surface area contributed by atoms with Crippen LogP contribution in [-0.4, -0.2) is 5.91 Å². The van der Waals surface area contributed by atoms with Crippen LogP contribution in [-0.2, 0) is 0 Å². The fourth-order valence-electron chi connectivity index (χ4n) is 1.50. The molecule has 0 heterocycles. The zero-order valence-electron chi connectivity index (χ0n) is 10.6. The number of hydrogen-bond acceptors (Lipinski definition) is 2. The van der Waals surface area contributed by atoms with E-state index in [0.29, 0.717) is 15.6 Å². The smallest absolute Gasteiger partial charge is 0.256 e. The number of amides is 1. The molecule has 0 unspecified atom stereocenters. The predicted molar refractivity (Wildman–Crippen MR) is 89.9 cm³/mol. The van der Waals surface area contributed by atoms with E-state index in [1.54, 1.807) is 36.4 Å². The van der Waals surface area contributed by atoms with Gasteiger partial charge in [0, 0.05) is 15.5 Å². The lowest BCUT2D eigenvalue weighted by atomic mass is 10.2. The van der Waals surface area contributed by atoms with E-state index in [1.807, 2.05) is 18.2 Å². The van der Waals surface area contributed by atoms with Crippen molar-refractivity contribution in [2.24, 2.45) is 0 Å². The standard InChI is InChI=1S/C15H10Cl3NOS/c16-11-6-8-12(9-7-11)21-15(13(17)18)19-14(20)10-4-2-1-3-5-10/h1-9H,(H,19,20). The molecule has 1 N–H and O–H groups in total. The lowest BCUT2D eigenvalue weighted by Gasteiger charge is -2.10. The summed E-state index contributed by atoms with van der Waals surface area (Å²) in [5, 5.41) is 3.71.